The summed E-state index contributed by atoms with van der Waals surface area (Å²) in [4.78, 5) is 13.9. The zero-order valence-corrected chi connectivity index (χ0v) is 13.8. The lowest BCUT2D eigenvalue weighted by molar-refractivity contribution is 0.0600. The van der Waals surface area contributed by atoms with E-state index in [-0.39, 0.29) is 18.4 Å². The third-order valence-electron chi connectivity index (χ3n) is 3.86. The summed E-state index contributed by atoms with van der Waals surface area (Å²) in [6.07, 6.45) is 3.55. The number of hydrogen-bond donors (Lipinski definition) is 1. The van der Waals surface area contributed by atoms with Crippen molar-refractivity contribution < 1.29 is 9.53 Å². The Kier molecular flexibility index (Phi) is 7.46. The quantitative estimate of drug-likeness (QED) is 0.861. The Balaban J connectivity index is 0.00000220. The van der Waals surface area contributed by atoms with Crippen LogP contribution in [0.1, 0.15) is 35.2 Å². The average molecular weight is 333 g/mol. The van der Waals surface area contributed by atoms with Crippen molar-refractivity contribution in [1.82, 2.24) is 4.90 Å². The molecule has 118 valence electrons. The van der Waals surface area contributed by atoms with Gasteiger partial charge in [0.25, 0.3) is 0 Å². The molecule has 1 aliphatic rings. The van der Waals surface area contributed by atoms with Gasteiger partial charge >= 0.3 is 5.97 Å². The van der Waals surface area contributed by atoms with Crippen LogP contribution in [0.4, 0.5) is 0 Å². The average Bonchev–Trinajstić information content (AvgIpc) is 2.49. The maximum atomic E-state index is 11.6. The SMILES string of the molecule is COC(=O)c1ccc(Cl)c(CN2CCCCC2CN)c1.Cl. The number of ether oxygens (including phenoxy) is 1. The molecular weight excluding hydrogens is 311 g/mol. The molecule has 0 bridgehead atoms. The van der Waals surface area contributed by atoms with Gasteiger partial charge in [-0.3, -0.25) is 4.90 Å². The molecule has 1 fully saturated rings. The molecule has 1 aromatic rings. The van der Waals surface area contributed by atoms with E-state index in [9.17, 15) is 4.79 Å². The van der Waals surface area contributed by atoms with Crippen LogP contribution in [0.5, 0.6) is 0 Å². The minimum Gasteiger partial charge on any atom is -0.465 e. The van der Waals surface area contributed by atoms with Crippen molar-refractivity contribution in [3.8, 4) is 0 Å². The lowest BCUT2D eigenvalue weighted by Gasteiger charge is -2.35. The number of hydrogen-bond acceptors (Lipinski definition) is 4. The number of esters is 1. The number of carbonyl (C=O) groups excluding carboxylic acids is 1. The van der Waals surface area contributed by atoms with Crippen LogP contribution in [0.15, 0.2) is 18.2 Å². The number of rotatable bonds is 4. The van der Waals surface area contributed by atoms with Crippen LogP contribution in [0.25, 0.3) is 0 Å². The van der Waals surface area contributed by atoms with E-state index in [0.29, 0.717) is 23.2 Å². The number of piperidine rings is 1. The van der Waals surface area contributed by atoms with Crippen LogP contribution in [-0.2, 0) is 11.3 Å². The molecule has 0 aromatic heterocycles. The highest BCUT2D eigenvalue weighted by molar-refractivity contribution is 6.31. The van der Waals surface area contributed by atoms with Crippen LogP contribution in [0.2, 0.25) is 5.02 Å². The van der Waals surface area contributed by atoms with Gasteiger partial charge in [-0.1, -0.05) is 18.0 Å². The maximum Gasteiger partial charge on any atom is 0.337 e. The standard InChI is InChI=1S/C15H21ClN2O2.ClH/c1-20-15(19)11-5-6-14(16)12(8-11)10-18-7-3-2-4-13(18)9-17;/h5-6,8,13H,2-4,7,9-10,17H2,1H3;1H. The van der Waals surface area contributed by atoms with Crippen molar-refractivity contribution >= 4 is 30.0 Å². The van der Waals surface area contributed by atoms with E-state index in [1.54, 1.807) is 12.1 Å². The topological polar surface area (TPSA) is 55.6 Å². The van der Waals surface area contributed by atoms with Crippen molar-refractivity contribution in [2.75, 3.05) is 20.2 Å². The molecule has 1 heterocycles. The molecule has 0 amide bonds. The normalized spacial score (nSPS) is 18.9. The Morgan fingerprint density at radius 3 is 2.90 bits per heavy atom. The first-order valence-corrected chi connectivity index (χ1v) is 7.34. The number of carbonyl (C=O) groups is 1. The highest BCUT2D eigenvalue weighted by Crippen LogP contribution is 2.24. The molecule has 1 aromatic carbocycles. The third kappa shape index (κ3) is 4.58. The van der Waals surface area contributed by atoms with E-state index in [4.69, 9.17) is 22.1 Å². The third-order valence-corrected chi connectivity index (χ3v) is 4.23. The zero-order valence-electron chi connectivity index (χ0n) is 12.2. The van der Waals surface area contributed by atoms with E-state index in [2.05, 4.69) is 4.90 Å². The smallest absolute Gasteiger partial charge is 0.337 e. The Labute approximate surface area is 137 Å². The number of nitrogens with zero attached hydrogens (tertiary/aromatic N) is 1. The summed E-state index contributed by atoms with van der Waals surface area (Å²) in [5, 5.41) is 0.680. The molecule has 2 N–H and O–H groups in total. The largest absolute Gasteiger partial charge is 0.465 e. The van der Waals surface area contributed by atoms with Crippen LogP contribution >= 0.6 is 24.0 Å². The van der Waals surface area contributed by atoms with Gasteiger partial charge in [-0.05, 0) is 43.1 Å². The molecule has 0 radical (unpaired) electrons. The molecule has 2 rings (SSSR count). The highest BCUT2D eigenvalue weighted by atomic mass is 35.5. The summed E-state index contributed by atoms with van der Waals surface area (Å²) in [6, 6.07) is 5.66. The van der Waals surface area contributed by atoms with E-state index >= 15 is 0 Å². The Morgan fingerprint density at radius 2 is 2.24 bits per heavy atom. The second kappa shape index (κ2) is 8.59. The Morgan fingerprint density at radius 1 is 1.48 bits per heavy atom. The predicted molar refractivity (Wildman–Crippen MR) is 87.1 cm³/mol. The van der Waals surface area contributed by atoms with Crippen LogP contribution in [-0.4, -0.2) is 37.1 Å². The van der Waals surface area contributed by atoms with Crippen molar-refractivity contribution in [3.63, 3.8) is 0 Å². The number of likely N-dealkylation sites (tertiary alicyclic amines) is 1. The van der Waals surface area contributed by atoms with Gasteiger partial charge in [0.15, 0.2) is 0 Å². The molecule has 6 heteroatoms. The lowest BCUT2D eigenvalue weighted by Crippen LogP contribution is -2.43. The monoisotopic (exact) mass is 332 g/mol. The predicted octanol–water partition coefficient (Wildman–Crippen LogP) is 2.86. The van der Waals surface area contributed by atoms with Crippen molar-refractivity contribution in [2.24, 2.45) is 5.73 Å². The molecule has 0 aliphatic carbocycles. The summed E-state index contributed by atoms with van der Waals surface area (Å²) >= 11 is 6.24. The number of nitrogens with two attached hydrogens (primary N) is 1. The van der Waals surface area contributed by atoms with Gasteiger partial charge < -0.3 is 10.5 Å². The summed E-state index contributed by atoms with van der Waals surface area (Å²) in [7, 11) is 1.38. The first-order chi connectivity index (χ1) is 9.65. The molecular formula is C15H22Cl2N2O2. The highest BCUT2D eigenvalue weighted by Gasteiger charge is 2.22. The van der Waals surface area contributed by atoms with E-state index in [0.717, 1.165) is 25.1 Å². The molecule has 1 atom stereocenters. The number of benzene rings is 1. The van der Waals surface area contributed by atoms with Crippen LogP contribution in [0, 0.1) is 0 Å². The van der Waals surface area contributed by atoms with E-state index in [1.165, 1.54) is 20.0 Å². The second-order valence-corrected chi connectivity index (χ2v) is 5.56. The van der Waals surface area contributed by atoms with Gasteiger partial charge in [0.1, 0.15) is 0 Å². The first-order valence-electron chi connectivity index (χ1n) is 6.96. The van der Waals surface area contributed by atoms with Crippen molar-refractivity contribution in [3.05, 3.63) is 34.3 Å². The summed E-state index contributed by atoms with van der Waals surface area (Å²) < 4.78 is 4.75. The summed E-state index contributed by atoms with van der Waals surface area (Å²) in [5.41, 5.74) is 7.33. The van der Waals surface area contributed by atoms with Gasteiger partial charge in [0.05, 0.1) is 12.7 Å². The molecule has 0 saturated carbocycles. The molecule has 1 saturated heterocycles. The second-order valence-electron chi connectivity index (χ2n) is 5.15. The zero-order chi connectivity index (χ0) is 14.5. The van der Waals surface area contributed by atoms with Gasteiger partial charge in [-0.15, -0.1) is 12.4 Å². The molecule has 0 spiro atoms. The lowest BCUT2D eigenvalue weighted by atomic mass is 10.0. The fourth-order valence-corrected chi connectivity index (χ4v) is 2.87. The maximum absolute atomic E-state index is 11.6. The molecule has 1 unspecified atom stereocenters. The summed E-state index contributed by atoms with van der Waals surface area (Å²) in [6.45, 7) is 2.42. The van der Waals surface area contributed by atoms with Crippen molar-refractivity contribution in [2.45, 2.75) is 31.8 Å². The minimum atomic E-state index is -0.336. The van der Waals surface area contributed by atoms with Crippen molar-refractivity contribution in [1.29, 1.82) is 0 Å². The van der Waals surface area contributed by atoms with Gasteiger partial charge in [-0.2, -0.15) is 0 Å². The number of methoxy groups -OCH3 is 1. The minimum absolute atomic E-state index is 0. The van der Waals surface area contributed by atoms with Crippen LogP contribution in [0.3, 0.4) is 0 Å². The Bertz CT molecular complexity index is 483. The Hall–Kier alpha value is -0.810. The molecule has 21 heavy (non-hydrogen) atoms. The van der Waals surface area contributed by atoms with Gasteiger partial charge in [-0.25, -0.2) is 4.79 Å². The molecule has 1 aliphatic heterocycles. The number of halogens is 2. The van der Waals surface area contributed by atoms with E-state index in [1.807, 2.05) is 6.07 Å². The summed E-state index contributed by atoms with van der Waals surface area (Å²) in [5.74, 6) is -0.336. The first kappa shape index (κ1) is 18.2. The van der Waals surface area contributed by atoms with Gasteiger partial charge in [0.2, 0.25) is 0 Å². The fourth-order valence-electron chi connectivity index (χ4n) is 2.69. The van der Waals surface area contributed by atoms with Gasteiger partial charge in [0, 0.05) is 24.2 Å². The molecule has 4 nitrogen and oxygen atoms in total. The van der Waals surface area contributed by atoms with Crippen LogP contribution < -0.4 is 5.73 Å². The fraction of sp³-hybridized carbons (Fsp3) is 0.533. The van der Waals surface area contributed by atoms with E-state index < -0.39 is 0 Å².